The van der Waals surface area contributed by atoms with Crippen molar-refractivity contribution >= 4 is 28.4 Å². The van der Waals surface area contributed by atoms with E-state index in [4.69, 9.17) is 10.7 Å². The molecule has 0 spiro atoms. The number of aryl methyl sites for hydroxylation is 1. The minimum atomic E-state index is -4.18. The van der Waals surface area contributed by atoms with Crippen LogP contribution in [0.25, 0.3) is 27.9 Å². The number of alkyl halides is 3. The third-order valence-corrected chi connectivity index (χ3v) is 6.37. The average Bonchev–Trinajstić information content (AvgIpc) is 3.34. The van der Waals surface area contributed by atoms with Gasteiger partial charge in [-0.2, -0.15) is 18.2 Å². The van der Waals surface area contributed by atoms with Crippen LogP contribution in [0.1, 0.15) is 38.6 Å². The Labute approximate surface area is 200 Å². The van der Waals surface area contributed by atoms with Crippen molar-refractivity contribution in [3.8, 4) is 11.3 Å². The molecule has 9 nitrogen and oxygen atoms in total. The molecule has 0 aliphatic carbocycles. The SMILES string of the molecule is Cc1nc2ccc(-c3ccn4nc(NC5CCN(CC(F)(F)F)CC5)nc(N)c34)nc2n1C(C)C. The molecule has 0 saturated carbocycles. The van der Waals surface area contributed by atoms with E-state index in [-0.39, 0.29) is 12.1 Å². The number of imidazole rings is 1. The molecule has 4 aromatic rings. The lowest BCUT2D eigenvalue weighted by molar-refractivity contribution is -0.147. The van der Waals surface area contributed by atoms with Gasteiger partial charge in [-0.25, -0.2) is 14.5 Å². The van der Waals surface area contributed by atoms with E-state index in [2.05, 4.69) is 38.8 Å². The molecule has 0 unspecified atom stereocenters. The molecule has 0 radical (unpaired) electrons. The first-order valence-electron chi connectivity index (χ1n) is 11.7. The van der Waals surface area contributed by atoms with Crippen LogP contribution in [0.3, 0.4) is 0 Å². The number of likely N-dealkylation sites (tertiary alicyclic amines) is 1. The van der Waals surface area contributed by atoms with Crippen LogP contribution in [-0.2, 0) is 0 Å². The Morgan fingerprint density at radius 1 is 1.11 bits per heavy atom. The molecular formula is C23H28F3N9. The molecule has 0 amide bonds. The van der Waals surface area contributed by atoms with Gasteiger partial charge in [0.25, 0.3) is 0 Å². The number of aromatic nitrogens is 6. The predicted molar refractivity (Wildman–Crippen MR) is 128 cm³/mol. The van der Waals surface area contributed by atoms with Gasteiger partial charge in [0.05, 0.1) is 12.2 Å². The quantitative estimate of drug-likeness (QED) is 0.438. The summed E-state index contributed by atoms with van der Waals surface area (Å²) in [6, 6.07) is 5.96. The van der Waals surface area contributed by atoms with Crippen LogP contribution in [0.5, 0.6) is 0 Å². The number of fused-ring (bicyclic) bond motifs is 2. The van der Waals surface area contributed by atoms with E-state index in [1.807, 2.05) is 25.1 Å². The van der Waals surface area contributed by atoms with Gasteiger partial charge in [-0.3, -0.25) is 4.90 Å². The van der Waals surface area contributed by atoms with Crippen molar-refractivity contribution in [2.24, 2.45) is 0 Å². The smallest absolute Gasteiger partial charge is 0.382 e. The molecule has 12 heteroatoms. The number of nitrogens with zero attached hydrogens (tertiary/aromatic N) is 7. The van der Waals surface area contributed by atoms with E-state index >= 15 is 0 Å². The van der Waals surface area contributed by atoms with Gasteiger partial charge < -0.3 is 15.6 Å². The van der Waals surface area contributed by atoms with Crippen LogP contribution >= 0.6 is 0 Å². The second-order valence-electron chi connectivity index (χ2n) is 9.32. The van der Waals surface area contributed by atoms with Crippen LogP contribution in [0, 0.1) is 6.92 Å². The van der Waals surface area contributed by atoms with Crippen molar-refractivity contribution in [1.29, 1.82) is 0 Å². The number of nitrogen functional groups attached to an aromatic ring is 1. The molecule has 1 aliphatic rings. The number of hydrogen-bond donors (Lipinski definition) is 2. The predicted octanol–water partition coefficient (Wildman–Crippen LogP) is 4.05. The Hall–Kier alpha value is -3.41. The Kier molecular flexibility index (Phi) is 5.78. The van der Waals surface area contributed by atoms with Crippen molar-refractivity contribution < 1.29 is 13.2 Å². The van der Waals surface area contributed by atoms with Crippen molar-refractivity contribution in [2.45, 2.75) is 51.9 Å². The van der Waals surface area contributed by atoms with E-state index in [0.717, 1.165) is 28.2 Å². The summed E-state index contributed by atoms with van der Waals surface area (Å²) in [5.41, 5.74) is 10.2. The average molecular weight is 488 g/mol. The van der Waals surface area contributed by atoms with Crippen LogP contribution in [-0.4, -0.2) is 65.9 Å². The largest absolute Gasteiger partial charge is 0.401 e. The molecule has 5 rings (SSSR count). The molecule has 0 bridgehead atoms. The molecular weight excluding hydrogens is 459 g/mol. The Bertz CT molecular complexity index is 1360. The lowest BCUT2D eigenvalue weighted by Crippen LogP contribution is -2.43. The van der Waals surface area contributed by atoms with Gasteiger partial charge in [0.15, 0.2) is 11.5 Å². The number of halogens is 3. The highest BCUT2D eigenvalue weighted by Crippen LogP contribution is 2.30. The number of piperidine rings is 1. The van der Waals surface area contributed by atoms with Gasteiger partial charge in [-0.05, 0) is 51.8 Å². The molecule has 1 fully saturated rings. The van der Waals surface area contributed by atoms with E-state index < -0.39 is 12.7 Å². The van der Waals surface area contributed by atoms with Crippen LogP contribution < -0.4 is 11.1 Å². The van der Waals surface area contributed by atoms with E-state index in [0.29, 0.717) is 43.2 Å². The maximum Gasteiger partial charge on any atom is 0.401 e. The van der Waals surface area contributed by atoms with Crippen molar-refractivity contribution in [1.82, 2.24) is 34.0 Å². The van der Waals surface area contributed by atoms with Crippen LogP contribution in [0.4, 0.5) is 24.9 Å². The third kappa shape index (κ3) is 4.62. The van der Waals surface area contributed by atoms with E-state index in [1.165, 1.54) is 4.90 Å². The fourth-order valence-corrected chi connectivity index (χ4v) is 4.85. The Morgan fingerprint density at radius 2 is 1.86 bits per heavy atom. The van der Waals surface area contributed by atoms with Crippen molar-refractivity contribution in [2.75, 3.05) is 30.7 Å². The molecule has 0 atom stereocenters. The van der Waals surface area contributed by atoms with Gasteiger partial charge >= 0.3 is 6.18 Å². The topological polar surface area (TPSA) is 102 Å². The van der Waals surface area contributed by atoms with Gasteiger partial charge in [0, 0.05) is 36.9 Å². The summed E-state index contributed by atoms with van der Waals surface area (Å²) < 4.78 is 41.7. The molecule has 3 N–H and O–H groups in total. The van der Waals surface area contributed by atoms with Gasteiger partial charge in [-0.1, -0.05) is 0 Å². The number of nitrogens with one attached hydrogen (secondary N) is 1. The summed E-state index contributed by atoms with van der Waals surface area (Å²) in [4.78, 5) is 15.3. The summed E-state index contributed by atoms with van der Waals surface area (Å²) in [6.07, 6.45) is -1.24. The monoisotopic (exact) mass is 487 g/mol. The molecule has 186 valence electrons. The van der Waals surface area contributed by atoms with E-state index in [1.54, 1.807) is 10.7 Å². The molecule has 1 saturated heterocycles. The zero-order valence-electron chi connectivity index (χ0n) is 19.8. The normalized spacial score (nSPS) is 16.1. The van der Waals surface area contributed by atoms with Crippen molar-refractivity contribution in [3.05, 3.63) is 30.2 Å². The van der Waals surface area contributed by atoms with Crippen molar-refractivity contribution in [3.63, 3.8) is 0 Å². The number of nitrogens with two attached hydrogens (primary N) is 1. The fraction of sp³-hybridized carbons (Fsp3) is 0.478. The molecule has 1 aliphatic heterocycles. The number of anilines is 2. The summed E-state index contributed by atoms with van der Waals surface area (Å²) in [7, 11) is 0. The number of rotatable bonds is 5. The number of hydrogen-bond acceptors (Lipinski definition) is 7. The second kappa shape index (κ2) is 8.67. The van der Waals surface area contributed by atoms with Gasteiger partial charge in [0.2, 0.25) is 5.95 Å². The highest BCUT2D eigenvalue weighted by atomic mass is 19.4. The standard InChI is InChI=1S/C23H28F3N9/c1-13(2)35-14(3)28-18-5-4-17(30-21(18)35)16-8-11-34-19(16)20(27)31-22(32-34)29-15-6-9-33(10-7-15)12-23(24,25)26/h4-5,8,11,13,15H,6-7,9-10,12H2,1-3H3,(H3,27,29,31,32). The minimum absolute atomic E-state index is 0.0185. The first-order chi connectivity index (χ1) is 16.6. The number of pyridine rings is 1. The maximum atomic E-state index is 12.6. The highest BCUT2D eigenvalue weighted by Gasteiger charge is 2.32. The zero-order valence-corrected chi connectivity index (χ0v) is 19.8. The first-order valence-corrected chi connectivity index (χ1v) is 11.7. The summed E-state index contributed by atoms with van der Waals surface area (Å²) in [6.45, 7) is 6.01. The fourth-order valence-electron chi connectivity index (χ4n) is 4.85. The van der Waals surface area contributed by atoms with Crippen LogP contribution in [0.2, 0.25) is 0 Å². The second-order valence-corrected chi connectivity index (χ2v) is 9.32. The summed E-state index contributed by atoms with van der Waals surface area (Å²) in [5, 5.41) is 7.78. The molecule has 0 aromatic carbocycles. The first kappa shape index (κ1) is 23.3. The minimum Gasteiger partial charge on any atom is -0.382 e. The van der Waals surface area contributed by atoms with Crippen LogP contribution in [0.15, 0.2) is 24.4 Å². The maximum absolute atomic E-state index is 12.6. The van der Waals surface area contributed by atoms with E-state index in [9.17, 15) is 13.2 Å². The summed E-state index contributed by atoms with van der Waals surface area (Å²) in [5.74, 6) is 1.56. The van der Waals surface area contributed by atoms with Gasteiger partial charge in [0.1, 0.15) is 16.9 Å². The molecule has 35 heavy (non-hydrogen) atoms. The summed E-state index contributed by atoms with van der Waals surface area (Å²) >= 11 is 0. The molecule has 4 aromatic heterocycles. The Balaban J connectivity index is 1.39. The highest BCUT2D eigenvalue weighted by molar-refractivity contribution is 5.88. The molecule has 5 heterocycles. The lowest BCUT2D eigenvalue weighted by Gasteiger charge is -2.32. The Morgan fingerprint density at radius 3 is 2.54 bits per heavy atom. The lowest BCUT2D eigenvalue weighted by atomic mass is 10.1. The third-order valence-electron chi connectivity index (χ3n) is 6.37. The zero-order chi connectivity index (χ0) is 24.9. The van der Waals surface area contributed by atoms with Gasteiger partial charge in [-0.15, -0.1) is 5.10 Å².